The first-order chi connectivity index (χ1) is 18.3. The zero-order valence-electron chi connectivity index (χ0n) is 22.2. The van der Waals surface area contributed by atoms with Gasteiger partial charge in [-0.3, -0.25) is 9.59 Å². The maximum Gasteiger partial charge on any atom is 0.265 e. The first-order valence-corrected chi connectivity index (χ1v) is 13.7. The monoisotopic (exact) mass is 515 g/mol. The third-order valence-corrected chi connectivity index (χ3v) is 8.23. The molecular weight excluding hydrogens is 478 g/mol. The molecular formula is C30H37N5O3. The number of aromatic nitrogens is 2. The van der Waals surface area contributed by atoms with Crippen LogP contribution in [0.2, 0.25) is 0 Å². The number of anilines is 1. The molecule has 8 nitrogen and oxygen atoms in total. The van der Waals surface area contributed by atoms with Crippen LogP contribution in [-0.4, -0.2) is 22.9 Å². The van der Waals surface area contributed by atoms with E-state index in [0.29, 0.717) is 18.8 Å². The van der Waals surface area contributed by atoms with E-state index in [9.17, 15) is 14.8 Å². The number of hydrogen-bond donors (Lipinski definition) is 3. The van der Waals surface area contributed by atoms with Crippen LogP contribution in [0.15, 0.2) is 48.8 Å². The summed E-state index contributed by atoms with van der Waals surface area (Å²) in [6, 6.07) is 11.4. The van der Waals surface area contributed by atoms with Crippen LogP contribution in [0.5, 0.6) is 0 Å². The lowest BCUT2D eigenvalue weighted by molar-refractivity contribution is -0.606. The Balaban J connectivity index is 1.43. The summed E-state index contributed by atoms with van der Waals surface area (Å²) in [7, 11) is 0. The SMILES string of the molecule is Cc1c[n+]([O-])cc(C)c1-c1ccc(NC(=O)[C@@H](C2CCCCCC2)[C@@H]2NCCn3c(C(N)=O)ccc32)cc1. The maximum atomic E-state index is 14.0. The van der Waals surface area contributed by atoms with Crippen molar-refractivity contribution < 1.29 is 14.3 Å². The molecule has 4 N–H and O–H groups in total. The van der Waals surface area contributed by atoms with Crippen LogP contribution in [0.4, 0.5) is 5.69 Å². The summed E-state index contributed by atoms with van der Waals surface area (Å²) in [4.78, 5) is 26.0. The number of aryl methyl sites for hydroxylation is 2. The molecule has 0 bridgehead atoms. The van der Waals surface area contributed by atoms with Gasteiger partial charge >= 0.3 is 0 Å². The number of hydrogen-bond acceptors (Lipinski definition) is 4. The number of rotatable bonds is 6. The number of fused-ring (bicyclic) bond motifs is 1. The Morgan fingerprint density at radius 3 is 2.32 bits per heavy atom. The van der Waals surface area contributed by atoms with Crippen molar-refractivity contribution in [3.05, 3.63) is 76.5 Å². The van der Waals surface area contributed by atoms with Crippen LogP contribution in [-0.2, 0) is 11.3 Å². The predicted octanol–water partition coefficient (Wildman–Crippen LogP) is 4.37. The number of nitrogens with two attached hydrogens (primary N) is 1. The van der Waals surface area contributed by atoms with Crippen LogP contribution in [0.1, 0.15) is 71.9 Å². The Bertz CT molecular complexity index is 1300. The molecule has 3 aromatic rings. The van der Waals surface area contributed by atoms with E-state index in [0.717, 1.165) is 64.0 Å². The van der Waals surface area contributed by atoms with Crippen LogP contribution >= 0.6 is 0 Å². The summed E-state index contributed by atoms with van der Waals surface area (Å²) in [6.45, 7) is 5.19. The Morgan fingerprint density at radius 1 is 1.03 bits per heavy atom. The van der Waals surface area contributed by atoms with Crippen LogP contribution in [0.3, 0.4) is 0 Å². The molecule has 2 aromatic heterocycles. The van der Waals surface area contributed by atoms with Gasteiger partial charge in [-0.05, 0) is 68.0 Å². The van der Waals surface area contributed by atoms with Crippen molar-refractivity contribution in [2.24, 2.45) is 17.6 Å². The largest absolute Gasteiger partial charge is 0.619 e. The lowest BCUT2D eigenvalue weighted by atomic mass is 9.78. The van der Waals surface area contributed by atoms with Gasteiger partial charge in [0.1, 0.15) is 5.69 Å². The molecule has 1 aliphatic carbocycles. The van der Waals surface area contributed by atoms with Crippen molar-refractivity contribution in [3.8, 4) is 11.1 Å². The van der Waals surface area contributed by atoms with Crippen LogP contribution in [0.25, 0.3) is 11.1 Å². The number of benzene rings is 1. The van der Waals surface area contributed by atoms with E-state index in [4.69, 9.17) is 5.73 Å². The predicted molar refractivity (Wildman–Crippen MR) is 147 cm³/mol. The Kier molecular flexibility index (Phi) is 7.51. The molecule has 1 saturated carbocycles. The molecule has 1 aliphatic heterocycles. The Morgan fingerprint density at radius 2 is 1.68 bits per heavy atom. The van der Waals surface area contributed by atoms with Crippen LogP contribution < -0.4 is 21.1 Å². The van der Waals surface area contributed by atoms with E-state index < -0.39 is 5.91 Å². The average Bonchev–Trinajstić information content (AvgIpc) is 3.14. The van der Waals surface area contributed by atoms with Gasteiger partial charge < -0.3 is 26.1 Å². The summed E-state index contributed by atoms with van der Waals surface area (Å²) >= 11 is 0. The summed E-state index contributed by atoms with van der Waals surface area (Å²) in [6.07, 6.45) is 9.85. The van der Waals surface area contributed by atoms with Gasteiger partial charge in [-0.25, -0.2) is 0 Å². The number of nitrogens with one attached hydrogen (secondary N) is 2. The highest BCUT2D eigenvalue weighted by atomic mass is 16.5. The summed E-state index contributed by atoms with van der Waals surface area (Å²) in [5.41, 5.74) is 11.7. The van der Waals surface area contributed by atoms with Crippen molar-refractivity contribution >= 4 is 17.5 Å². The summed E-state index contributed by atoms with van der Waals surface area (Å²) in [5, 5.41) is 18.6. The number of primary amides is 1. The molecule has 2 atom stereocenters. The van der Waals surface area contributed by atoms with E-state index in [1.54, 1.807) is 18.5 Å². The van der Waals surface area contributed by atoms with E-state index >= 15 is 0 Å². The number of carbonyl (C=O) groups excluding carboxylic acids is 2. The lowest BCUT2D eigenvalue weighted by Gasteiger charge is -2.36. The van der Waals surface area contributed by atoms with Crippen molar-refractivity contribution in [2.75, 3.05) is 11.9 Å². The van der Waals surface area contributed by atoms with E-state index in [1.807, 2.05) is 48.7 Å². The van der Waals surface area contributed by atoms with Gasteiger partial charge in [-0.2, -0.15) is 4.73 Å². The van der Waals surface area contributed by atoms with Gasteiger partial charge in [0.15, 0.2) is 12.4 Å². The molecule has 0 radical (unpaired) electrons. The second-order valence-electron chi connectivity index (χ2n) is 10.8. The minimum absolute atomic E-state index is 0.00288. The molecule has 200 valence electrons. The minimum atomic E-state index is -0.443. The normalized spacial score (nSPS) is 18.8. The van der Waals surface area contributed by atoms with Gasteiger partial charge in [0.05, 0.1) is 12.0 Å². The van der Waals surface area contributed by atoms with Gasteiger partial charge in [-0.15, -0.1) is 0 Å². The smallest absolute Gasteiger partial charge is 0.265 e. The fourth-order valence-corrected chi connectivity index (χ4v) is 6.53. The highest BCUT2D eigenvalue weighted by Crippen LogP contribution is 2.39. The standard InChI is InChI=1S/C30H37N5O3/c1-19-17-34(38)18-20(2)26(19)22-9-11-23(12-10-22)33-30(37)27(21-7-5-3-4-6-8-21)28-24-13-14-25(29(31)36)35(24)16-15-32-28/h9-14,17-18,21,27-28,32H,3-8,15-16H2,1-2H3,(H2,31,36)(H,33,37)/t27-,28+/m0/s1. The second-order valence-corrected chi connectivity index (χ2v) is 10.8. The molecule has 1 aromatic carbocycles. The molecule has 0 unspecified atom stereocenters. The second kappa shape index (κ2) is 11.0. The quantitative estimate of drug-likeness (QED) is 0.257. The minimum Gasteiger partial charge on any atom is -0.619 e. The van der Waals surface area contributed by atoms with Crippen molar-refractivity contribution in [3.63, 3.8) is 0 Å². The number of pyridine rings is 1. The molecule has 1 fully saturated rings. The van der Waals surface area contributed by atoms with Crippen molar-refractivity contribution in [1.29, 1.82) is 0 Å². The van der Waals surface area contributed by atoms with E-state index in [2.05, 4.69) is 10.6 Å². The fourth-order valence-electron chi connectivity index (χ4n) is 6.53. The van der Waals surface area contributed by atoms with Gasteiger partial charge in [0.25, 0.3) is 5.91 Å². The number of nitrogens with zero attached hydrogens (tertiary/aromatic N) is 2. The van der Waals surface area contributed by atoms with Gasteiger partial charge in [-0.1, -0.05) is 37.8 Å². The molecule has 3 heterocycles. The highest BCUT2D eigenvalue weighted by Gasteiger charge is 2.39. The molecule has 38 heavy (non-hydrogen) atoms. The zero-order valence-corrected chi connectivity index (χ0v) is 22.2. The molecule has 5 rings (SSSR count). The molecule has 0 saturated heterocycles. The zero-order chi connectivity index (χ0) is 26.8. The highest BCUT2D eigenvalue weighted by molar-refractivity contribution is 5.94. The topological polar surface area (TPSA) is 116 Å². The van der Waals surface area contributed by atoms with Crippen molar-refractivity contribution in [1.82, 2.24) is 9.88 Å². The Hall–Kier alpha value is -3.65. The summed E-state index contributed by atoms with van der Waals surface area (Å²) in [5.74, 6) is -0.465. The first-order valence-electron chi connectivity index (χ1n) is 13.7. The third-order valence-electron chi connectivity index (χ3n) is 8.23. The number of amides is 2. The lowest BCUT2D eigenvalue weighted by Crippen LogP contribution is -2.45. The van der Waals surface area contributed by atoms with E-state index in [1.165, 1.54) is 12.8 Å². The van der Waals surface area contributed by atoms with Gasteiger partial charge in [0.2, 0.25) is 5.91 Å². The van der Waals surface area contributed by atoms with E-state index in [-0.39, 0.29) is 23.8 Å². The molecule has 2 aliphatic rings. The molecule has 0 spiro atoms. The Labute approximate surface area is 223 Å². The molecule has 2 amide bonds. The number of carbonyl (C=O) groups is 2. The fraction of sp³-hybridized carbons (Fsp3) is 0.433. The first kappa shape index (κ1) is 26.0. The van der Waals surface area contributed by atoms with Gasteiger partial charge in [0, 0.05) is 35.6 Å². The van der Waals surface area contributed by atoms with Crippen LogP contribution in [0, 0.1) is 30.9 Å². The third kappa shape index (κ3) is 5.18. The average molecular weight is 516 g/mol. The maximum absolute atomic E-state index is 14.0. The molecule has 8 heteroatoms. The summed E-state index contributed by atoms with van der Waals surface area (Å²) < 4.78 is 2.81. The van der Waals surface area contributed by atoms with Crippen molar-refractivity contribution in [2.45, 2.75) is 65.0 Å².